The quantitative estimate of drug-likeness (QED) is 0.779. The minimum absolute atomic E-state index is 0.575. The Morgan fingerprint density at radius 2 is 1.76 bits per heavy atom. The number of nitrogens with zero attached hydrogens (tertiary/aromatic N) is 2. The monoisotopic (exact) mass is 274 g/mol. The molecule has 1 atom stereocenters. The van der Waals surface area contributed by atoms with Gasteiger partial charge in [-0.15, -0.1) is 0 Å². The van der Waals surface area contributed by atoms with Crippen molar-refractivity contribution < 1.29 is 5.11 Å². The van der Waals surface area contributed by atoms with Crippen molar-refractivity contribution in [3.8, 4) is 6.07 Å². The van der Waals surface area contributed by atoms with Crippen molar-refractivity contribution in [2.75, 3.05) is 0 Å². The molecule has 0 aliphatic heterocycles. The number of aliphatic hydroxyl groups is 1. The van der Waals surface area contributed by atoms with Gasteiger partial charge in [-0.25, -0.2) is 0 Å². The Bertz CT molecular complexity index is 830. The number of hydrogen-bond acceptors (Lipinski definition) is 3. The molecule has 0 fully saturated rings. The number of pyridine rings is 1. The second-order valence-corrected chi connectivity index (χ2v) is 5.18. The molecule has 0 bridgehead atoms. The van der Waals surface area contributed by atoms with Gasteiger partial charge in [-0.3, -0.25) is 4.98 Å². The summed E-state index contributed by atoms with van der Waals surface area (Å²) in [5.74, 6) is 0. The molecule has 0 saturated heterocycles. The van der Waals surface area contributed by atoms with Crippen molar-refractivity contribution in [1.82, 2.24) is 4.98 Å². The first-order valence-corrected chi connectivity index (χ1v) is 6.69. The van der Waals surface area contributed by atoms with Gasteiger partial charge in [0.2, 0.25) is 0 Å². The molecule has 0 amide bonds. The summed E-state index contributed by atoms with van der Waals surface area (Å²) in [5.41, 5.74) is 1.79. The van der Waals surface area contributed by atoms with E-state index in [-0.39, 0.29) is 0 Å². The number of rotatable bonds is 2. The van der Waals surface area contributed by atoms with Crippen LogP contribution in [0, 0.1) is 11.3 Å². The van der Waals surface area contributed by atoms with E-state index in [2.05, 4.69) is 11.1 Å². The molecule has 3 nitrogen and oxygen atoms in total. The molecular weight excluding hydrogens is 260 g/mol. The lowest BCUT2D eigenvalue weighted by atomic mass is 9.88. The first kappa shape index (κ1) is 13.3. The summed E-state index contributed by atoms with van der Waals surface area (Å²) >= 11 is 0. The molecule has 1 aromatic heterocycles. The summed E-state index contributed by atoms with van der Waals surface area (Å²) < 4.78 is 0. The molecule has 1 N–H and O–H groups in total. The van der Waals surface area contributed by atoms with Crippen LogP contribution in [0.1, 0.15) is 23.6 Å². The molecule has 3 rings (SSSR count). The van der Waals surface area contributed by atoms with Crippen LogP contribution in [0.2, 0.25) is 0 Å². The van der Waals surface area contributed by atoms with Crippen LogP contribution in [0.3, 0.4) is 0 Å². The molecule has 1 heterocycles. The highest BCUT2D eigenvalue weighted by Gasteiger charge is 2.26. The lowest BCUT2D eigenvalue weighted by Gasteiger charge is -2.24. The Balaban J connectivity index is 2.07. The van der Waals surface area contributed by atoms with Crippen molar-refractivity contribution in [2.24, 2.45) is 0 Å². The fraction of sp³-hybridized carbons (Fsp3) is 0.111. The number of para-hydroxylation sites is 1. The van der Waals surface area contributed by atoms with Gasteiger partial charge in [0.05, 0.1) is 17.1 Å². The van der Waals surface area contributed by atoms with E-state index < -0.39 is 5.60 Å². The summed E-state index contributed by atoms with van der Waals surface area (Å²) in [7, 11) is 0. The van der Waals surface area contributed by atoms with Crippen LogP contribution in [0.15, 0.2) is 60.8 Å². The highest BCUT2D eigenvalue weighted by atomic mass is 16.3. The van der Waals surface area contributed by atoms with Crippen LogP contribution in [-0.2, 0) is 5.60 Å². The van der Waals surface area contributed by atoms with Crippen LogP contribution in [-0.4, -0.2) is 10.1 Å². The van der Waals surface area contributed by atoms with Gasteiger partial charge in [0.1, 0.15) is 5.60 Å². The minimum atomic E-state index is -1.15. The van der Waals surface area contributed by atoms with Gasteiger partial charge in [-0.1, -0.05) is 30.3 Å². The fourth-order valence-corrected chi connectivity index (χ4v) is 2.37. The van der Waals surface area contributed by atoms with Crippen molar-refractivity contribution >= 4 is 10.9 Å². The zero-order valence-electron chi connectivity index (χ0n) is 11.6. The number of aromatic nitrogens is 1. The van der Waals surface area contributed by atoms with Gasteiger partial charge in [0.25, 0.3) is 0 Å². The lowest BCUT2D eigenvalue weighted by molar-refractivity contribution is 0.102. The molecule has 0 spiro atoms. The third kappa shape index (κ3) is 2.37. The first-order chi connectivity index (χ1) is 10.1. The summed E-state index contributed by atoms with van der Waals surface area (Å²) in [6.45, 7) is 1.74. The topological polar surface area (TPSA) is 56.9 Å². The molecule has 3 heteroatoms. The van der Waals surface area contributed by atoms with Crippen LogP contribution in [0.4, 0.5) is 0 Å². The molecule has 0 aliphatic rings. The Morgan fingerprint density at radius 1 is 1.05 bits per heavy atom. The van der Waals surface area contributed by atoms with E-state index >= 15 is 0 Å². The van der Waals surface area contributed by atoms with Crippen molar-refractivity contribution in [2.45, 2.75) is 12.5 Å². The molecule has 3 aromatic rings. The SMILES string of the molecule is CC(O)(c1ccc(C#N)cc1)c1cnc2ccccc2c1. The van der Waals surface area contributed by atoms with Crippen molar-refractivity contribution in [1.29, 1.82) is 5.26 Å². The lowest BCUT2D eigenvalue weighted by Crippen LogP contribution is -2.22. The molecule has 1 unspecified atom stereocenters. The number of benzene rings is 2. The third-order valence-corrected chi connectivity index (χ3v) is 3.73. The van der Waals surface area contributed by atoms with Gasteiger partial charge in [0, 0.05) is 17.1 Å². The van der Waals surface area contributed by atoms with E-state index in [1.165, 1.54) is 0 Å². The second kappa shape index (κ2) is 5.01. The van der Waals surface area contributed by atoms with E-state index in [4.69, 9.17) is 5.26 Å². The predicted octanol–water partition coefficient (Wildman–Crippen LogP) is 3.36. The van der Waals surface area contributed by atoms with E-state index in [1.54, 1.807) is 37.4 Å². The maximum Gasteiger partial charge on any atom is 0.113 e. The zero-order chi connectivity index (χ0) is 14.9. The minimum Gasteiger partial charge on any atom is -0.381 e. The number of hydrogen-bond donors (Lipinski definition) is 1. The second-order valence-electron chi connectivity index (χ2n) is 5.18. The maximum atomic E-state index is 10.9. The largest absolute Gasteiger partial charge is 0.381 e. The van der Waals surface area contributed by atoms with Crippen LogP contribution in [0.25, 0.3) is 10.9 Å². The van der Waals surface area contributed by atoms with Gasteiger partial charge >= 0.3 is 0 Å². The zero-order valence-corrected chi connectivity index (χ0v) is 11.6. The van der Waals surface area contributed by atoms with Crippen LogP contribution >= 0.6 is 0 Å². The van der Waals surface area contributed by atoms with Crippen molar-refractivity contribution in [3.63, 3.8) is 0 Å². The molecular formula is C18H14N2O. The van der Waals surface area contributed by atoms with Gasteiger partial charge < -0.3 is 5.11 Å². The molecule has 21 heavy (non-hydrogen) atoms. The van der Waals surface area contributed by atoms with Gasteiger partial charge in [-0.2, -0.15) is 5.26 Å². The van der Waals surface area contributed by atoms with Crippen molar-refractivity contribution in [3.05, 3.63) is 77.5 Å². The number of nitriles is 1. The van der Waals surface area contributed by atoms with E-state index in [0.717, 1.165) is 22.0 Å². The molecule has 0 radical (unpaired) electrons. The van der Waals surface area contributed by atoms with Gasteiger partial charge in [-0.05, 0) is 36.8 Å². The predicted molar refractivity (Wildman–Crippen MR) is 81.6 cm³/mol. The fourth-order valence-electron chi connectivity index (χ4n) is 2.37. The first-order valence-electron chi connectivity index (χ1n) is 6.69. The van der Waals surface area contributed by atoms with Crippen LogP contribution < -0.4 is 0 Å². The van der Waals surface area contributed by atoms with E-state index in [1.807, 2.05) is 30.3 Å². The maximum absolute atomic E-state index is 10.9. The summed E-state index contributed by atoms with van der Waals surface area (Å²) in [6.07, 6.45) is 1.69. The Kier molecular flexibility index (Phi) is 3.17. The Hall–Kier alpha value is -2.70. The highest BCUT2D eigenvalue weighted by molar-refractivity contribution is 5.79. The highest BCUT2D eigenvalue weighted by Crippen LogP contribution is 2.30. The summed E-state index contributed by atoms with van der Waals surface area (Å²) in [4.78, 5) is 4.39. The number of fused-ring (bicyclic) bond motifs is 1. The normalized spacial score (nSPS) is 13.6. The van der Waals surface area contributed by atoms with Crippen LogP contribution in [0.5, 0.6) is 0 Å². The standard InChI is InChI=1S/C18H14N2O/c1-18(21,15-8-6-13(11-19)7-9-15)16-10-14-4-2-3-5-17(14)20-12-16/h2-10,12,21H,1H3. The third-order valence-electron chi connectivity index (χ3n) is 3.73. The van der Waals surface area contributed by atoms with Gasteiger partial charge in [0.15, 0.2) is 0 Å². The molecule has 102 valence electrons. The molecule has 0 aliphatic carbocycles. The average Bonchev–Trinajstić information content (AvgIpc) is 2.54. The Morgan fingerprint density at radius 3 is 2.48 bits per heavy atom. The molecule has 2 aromatic carbocycles. The summed E-state index contributed by atoms with van der Waals surface area (Å²) in [6, 6.07) is 18.8. The average molecular weight is 274 g/mol. The smallest absolute Gasteiger partial charge is 0.113 e. The Labute approximate surface area is 123 Å². The molecule has 0 saturated carbocycles. The van der Waals surface area contributed by atoms with E-state index in [9.17, 15) is 5.11 Å². The van der Waals surface area contributed by atoms with E-state index in [0.29, 0.717) is 5.56 Å². The summed E-state index contributed by atoms with van der Waals surface area (Å²) in [5, 5.41) is 20.7.